The number of nitrogens with zero attached hydrogens (tertiary/aromatic N) is 3. The molecule has 94 valence electrons. The molecule has 0 radical (unpaired) electrons. The molecule has 2 aromatic rings. The summed E-state index contributed by atoms with van der Waals surface area (Å²) in [6.07, 6.45) is 2.69. The molecule has 0 bridgehead atoms. The lowest BCUT2D eigenvalue weighted by atomic mass is 10.2. The van der Waals surface area contributed by atoms with Crippen molar-refractivity contribution in [2.24, 2.45) is 0 Å². The normalized spacial score (nSPS) is 10.6. The Bertz CT molecular complexity index is 527. The van der Waals surface area contributed by atoms with Gasteiger partial charge in [0.1, 0.15) is 11.0 Å². The number of aromatic nitrogens is 3. The Hall–Kier alpha value is -1.33. The fourth-order valence-electron chi connectivity index (χ4n) is 1.46. The first-order valence-corrected chi connectivity index (χ1v) is 6.84. The highest BCUT2D eigenvalue weighted by atomic mass is 35.5. The second-order valence-corrected chi connectivity index (χ2v) is 5.27. The summed E-state index contributed by atoms with van der Waals surface area (Å²) in [5.41, 5.74) is 7.88. The molecule has 4 nitrogen and oxygen atoms in total. The van der Waals surface area contributed by atoms with Crippen molar-refractivity contribution in [1.82, 2.24) is 15.0 Å². The van der Waals surface area contributed by atoms with Crippen molar-refractivity contribution in [3.63, 3.8) is 0 Å². The molecule has 18 heavy (non-hydrogen) atoms. The molecular formula is C12H13ClN4S. The summed E-state index contributed by atoms with van der Waals surface area (Å²) in [6.45, 7) is 2.05. The Balaban J connectivity index is 1.92. The summed E-state index contributed by atoms with van der Waals surface area (Å²) in [6, 6.07) is 5.60. The number of halogens is 1. The zero-order chi connectivity index (χ0) is 13.0. The number of hydrogen-bond donors (Lipinski definition) is 1. The highest BCUT2D eigenvalue weighted by Gasteiger charge is 2.03. The van der Waals surface area contributed by atoms with Gasteiger partial charge >= 0.3 is 0 Å². The third-order valence-electron chi connectivity index (χ3n) is 2.26. The number of aryl methyl sites for hydroxylation is 2. The van der Waals surface area contributed by atoms with Crippen LogP contribution in [-0.4, -0.2) is 20.7 Å². The van der Waals surface area contributed by atoms with Crippen molar-refractivity contribution in [3.05, 3.63) is 40.8 Å². The molecule has 0 amide bonds. The maximum Gasteiger partial charge on any atom is 0.190 e. The van der Waals surface area contributed by atoms with Crippen LogP contribution in [-0.2, 0) is 6.42 Å². The van der Waals surface area contributed by atoms with Gasteiger partial charge in [0.2, 0.25) is 0 Å². The SMILES string of the molecule is Cc1ccnc(CCSc2nc(N)cc(Cl)n2)c1. The molecule has 0 fully saturated rings. The average Bonchev–Trinajstić information content (AvgIpc) is 2.27. The lowest BCUT2D eigenvalue weighted by molar-refractivity contribution is 0.967. The molecule has 0 saturated heterocycles. The van der Waals surface area contributed by atoms with E-state index in [1.165, 1.54) is 23.4 Å². The third kappa shape index (κ3) is 3.85. The molecule has 0 saturated carbocycles. The van der Waals surface area contributed by atoms with Crippen molar-refractivity contribution in [2.75, 3.05) is 11.5 Å². The van der Waals surface area contributed by atoms with Crippen LogP contribution in [0.1, 0.15) is 11.3 Å². The van der Waals surface area contributed by atoms with Crippen LogP contribution in [0.15, 0.2) is 29.6 Å². The molecule has 2 N–H and O–H groups in total. The topological polar surface area (TPSA) is 64.7 Å². The van der Waals surface area contributed by atoms with Crippen molar-refractivity contribution >= 4 is 29.2 Å². The van der Waals surface area contributed by atoms with Crippen molar-refractivity contribution < 1.29 is 0 Å². The van der Waals surface area contributed by atoms with Crippen LogP contribution in [0.25, 0.3) is 0 Å². The Morgan fingerprint density at radius 1 is 1.33 bits per heavy atom. The zero-order valence-electron chi connectivity index (χ0n) is 9.93. The van der Waals surface area contributed by atoms with Crippen molar-refractivity contribution in [1.29, 1.82) is 0 Å². The van der Waals surface area contributed by atoms with E-state index in [4.69, 9.17) is 17.3 Å². The smallest absolute Gasteiger partial charge is 0.190 e. The first-order valence-electron chi connectivity index (χ1n) is 5.48. The number of thioether (sulfide) groups is 1. The molecule has 0 aromatic carbocycles. The van der Waals surface area contributed by atoms with E-state index in [1.807, 2.05) is 12.3 Å². The molecule has 6 heteroatoms. The minimum absolute atomic E-state index is 0.374. The van der Waals surface area contributed by atoms with E-state index in [1.54, 1.807) is 0 Å². The van der Waals surface area contributed by atoms with E-state index in [2.05, 4.69) is 27.9 Å². The van der Waals surface area contributed by atoms with Crippen LogP contribution in [0.5, 0.6) is 0 Å². The molecule has 0 unspecified atom stereocenters. The van der Waals surface area contributed by atoms with Gasteiger partial charge in [-0.25, -0.2) is 9.97 Å². The summed E-state index contributed by atoms with van der Waals surface area (Å²) >= 11 is 7.33. The van der Waals surface area contributed by atoms with Gasteiger partial charge in [-0.05, 0) is 31.0 Å². The maximum atomic E-state index is 5.81. The van der Waals surface area contributed by atoms with Gasteiger partial charge in [-0.2, -0.15) is 0 Å². The average molecular weight is 281 g/mol. The van der Waals surface area contributed by atoms with Gasteiger partial charge in [0, 0.05) is 23.7 Å². The molecule has 0 aliphatic rings. The first-order chi connectivity index (χ1) is 8.63. The summed E-state index contributed by atoms with van der Waals surface area (Å²) in [5.74, 6) is 1.24. The molecule has 2 rings (SSSR count). The molecule has 0 aliphatic heterocycles. The number of rotatable bonds is 4. The van der Waals surface area contributed by atoms with E-state index >= 15 is 0 Å². The van der Waals surface area contributed by atoms with Gasteiger partial charge in [-0.1, -0.05) is 23.4 Å². The van der Waals surface area contributed by atoms with Crippen LogP contribution < -0.4 is 5.73 Å². The predicted octanol–water partition coefficient (Wildman–Crippen LogP) is 2.75. The Kier molecular flexibility index (Phi) is 4.38. The Morgan fingerprint density at radius 2 is 2.17 bits per heavy atom. The second-order valence-electron chi connectivity index (χ2n) is 3.82. The highest BCUT2D eigenvalue weighted by Crippen LogP contribution is 2.18. The minimum Gasteiger partial charge on any atom is -0.384 e. The van der Waals surface area contributed by atoms with Gasteiger partial charge in [-0.3, -0.25) is 4.98 Å². The van der Waals surface area contributed by atoms with E-state index in [0.717, 1.165) is 17.9 Å². The zero-order valence-corrected chi connectivity index (χ0v) is 11.5. The van der Waals surface area contributed by atoms with Crippen molar-refractivity contribution in [2.45, 2.75) is 18.5 Å². The molecular weight excluding hydrogens is 268 g/mol. The van der Waals surface area contributed by atoms with Crippen LogP contribution >= 0.6 is 23.4 Å². The fourth-order valence-corrected chi connectivity index (χ4v) is 2.53. The van der Waals surface area contributed by atoms with Gasteiger partial charge < -0.3 is 5.73 Å². The number of hydrogen-bond acceptors (Lipinski definition) is 5. The Labute approximate surface area is 115 Å². The monoisotopic (exact) mass is 280 g/mol. The molecule has 0 aliphatic carbocycles. The quantitative estimate of drug-likeness (QED) is 0.530. The van der Waals surface area contributed by atoms with Crippen LogP contribution in [0.4, 0.5) is 5.82 Å². The van der Waals surface area contributed by atoms with E-state index in [9.17, 15) is 0 Å². The summed E-state index contributed by atoms with van der Waals surface area (Å²) in [7, 11) is 0. The van der Waals surface area contributed by atoms with Crippen LogP contribution in [0.2, 0.25) is 5.15 Å². The van der Waals surface area contributed by atoms with E-state index < -0.39 is 0 Å². The van der Waals surface area contributed by atoms with Crippen LogP contribution in [0, 0.1) is 6.92 Å². The highest BCUT2D eigenvalue weighted by molar-refractivity contribution is 7.99. The van der Waals surface area contributed by atoms with Crippen LogP contribution in [0.3, 0.4) is 0 Å². The van der Waals surface area contributed by atoms with E-state index in [-0.39, 0.29) is 0 Å². The fraction of sp³-hybridized carbons (Fsp3) is 0.250. The standard InChI is InChI=1S/C12H13ClN4S/c1-8-2-4-15-9(6-8)3-5-18-12-16-10(13)7-11(14)17-12/h2,4,6-7H,3,5H2,1H3,(H2,14,16,17). The maximum absolute atomic E-state index is 5.81. The Morgan fingerprint density at radius 3 is 2.89 bits per heavy atom. The second kappa shape index (κ2) is 6.02. The number of anilines is 1. The predicted molar refractivity (Wildman–Crippen MR) is 74.9 cm³/mol. The van der Waals surface area contributed by atoms with Gasteiger partial charge in [0.15, 0.2) is 5.16 Å². The van der Waals surface area contributed by atoms with Gasteiger partial charge in [0.25, 0.3) is 0 Å². The van der Waals surface area contributed by atoms with Crippen molar-refractivity contribution in [3.8, 4) is 0 Å². The number of nitrogen functional groups attached to an aromatic ring is 1. The molecule has 0 spiro atoms. The lowest BCUT2D eigenvalue weighted by Crippen LogP contribution is -1.97. The minimum atomic E-state index is 0.374. The molecule has 0 atom stereocenters. The largest absolute Gasteiger partial charge is 0.384 e. The number of nitrogens with two attached hydrogens (primary N) is 1. The first kappa shape index (κ1) is 13.1. The molecule has 2 aromatic heterocycles. The summed E-state index contributed by atoms with van der Waals surface area (Å²) in [5, 5.41) is 0.978. The summed E-state index contributed by atoms with van der Waals surface area (Å²) in [4.78, 5) is 12.5. The third-order valence-corrected chi connectivity index (χ3v) is 3.30. The number of pyridine rings is 1. The lowest BCUT2D eigenvalue weighted by Gasteiger charge is -2.02. The molecule has 2 heterocycles. The summed E-state index contributed by atoms with van der Waals surface area (Å²) < 4.78 is 0. The van der Waals surface area contributed by atoms with Gasteiger partial charge in [0.05, 0.1) is 0 Å². The van der Waals surface area contributed by atoms with Gasteiger partial charge in [-0.15, -0.1) is 0 Å². The van der Waals surface area contributed by atoms with E-state index in [0.29, 0.717) is 16.1 Å².